The molecule has 2 rings (SSSR count). The van der Waals surface area contributed by atoms with Gasteiger partial charge in [-0.2, -0.15) is 0 Å². The molecule has 0 saturated carbocycles. The van der Waals surface area contributed by atoms with Gasteiger partial charge in [0.1, 0.15) is 5.82 Å². The minimum absolute atomic E-state index is 0.0265. The van der Waals surface area contributed by atoms with Crippen LogP contribution < -0.4 is 4.90 Å². The van der Waals surface area contributed by atoms with Gasteiger partial charge in [0.05, 0.1) is 30.1 Å². The van der Waals surface area contributed by atoms with Crippen LogP contribution in [0.1, 0.15) is 16.3 Å². The fourth-order valence-corrected chi connectivity index (χ4v) is 2.37. The number of aryl methyl sites for hydroxylation is 1. The first-order chi connectivity index (χ1) is 8.20. The first-order valence-electron chi connectivity index (χ1n) is 5.37. The van der Waals surface area contributed by atoms with E-state index in [0.717, 1.165) is 18.1 Å². The van der Waals surface area contributed by atoms with Crippen molar-refractivity contribution in [2.24, 2.45) is 0 Å². The molecule has 2 heterocycles. The average molecular weight is 249 g/mol. The van der Waals surface area contributed by atoms with Crippen LogP contribution in [0.5, 0.6) is 0 Å². The lowest BCUT2D eigenvalue weighted by atomic mass is 10.3. The van der Waals surface area contributed by atoms with E-state index in [4.69, 9.17) is 5.11 Å². The Balaban J connectivity index is 2.14. The largest absolute Gasteiger partial charge is 0.390 e. The molecule has 0 aliphatic carbocycles. The van der Waals surface area contributed by atoms with E-state index in [-0.39, 0.29) is 6.61 Å². The van der Waals surface area contributed by atoms with Gasteiger partial charge in [-0.25, -0.2) is 9.97 Å². The molecule has 0 aliphatic rings. The highest BCUT2D eigenvalue weighted by Crippen LogP contribution is 2.18. The normalized spacial score (nSPS) is 10.5. The maximum Gasteiger partial charge on any atom is 0.128 e. The summed E-state index contributed by atoms with van der Waals surface area (Å²) in [6.45, 7) is 2.77. The van der Waals surface area contributed by atoms with Gasteiger partial charge in [0.15, 0.2) is 0 Å². The maximum absolute atomic E-state index is 9.06. The first kappa shape index (κ1) is 12.0. The van der Waals surface area contributed by atoms with Gasteiger partial charge in [0.25, 0.3) is 0 Å². The third-order valence-electron chi connectivity index (χ3n) is 2.57. The van der Waals surface area contributed by atoms with Gasteiger partial charge in [0, 0.05) is 11.9 Å². The van der Waals surface area contributed by atoms with E-state index in [1.807, 2.05) is 37.7 Å². The molecule has 0 bridgehead atoms. The Morgan fingerprint density at radius 2 is 2.24 bits per heavy atom. The van der Waals surface area contributed by atoms with Crippen molar-refractivity contribution in [2.75, 3.05) is 11.9 Å². The third-order valence-corrected chi connectivity index (χ3v) is 3.49. The minimum atomic E-state index is -0.0265. The zero-order valence-electron chi connectivity index (χ0n) is 9.92. The molecule has 0 unspecified atom stereocenters. The van der Waals surface area contributed by atoms with E-state index in [9.17, 15) is 0 Å². The van der Waals surface area contributed by atoms with Crippen molar-refractivity contribution in [2.45, 2.75) is 20.1 Å². The molecule has 0 saturated heterocycles. The number of nitrogens with zero attached hydrogens (tertiary/aromatic N) is 3. The molecule has 5 heteroatoms. The Hall–Kier alpha value is -1.46. The van der Waals surface area contributed by atoms with Gasteiger partial charge in [-0.1, -0.05) is 6.07 Å². The van der Waals surface area contributed by atoms with Crippen molar-refractivity contribution < 1.29 is 5.11 Å². The van der Waals surface area contributed by atoms with Crippen LogP contribution in [0.25, 0.3) is 0 Å². The molecule has 2 aromatic rings. The van der Waals surface area contributed by atoms with Crippen LogP contribution in [0.15, 0.2) is 23.7 Å². The Labute approximate surface area is 105 Å². The minimum Gasteiger partial charge on any atom is -0.390 e. The van der Waals surface area contributed by atoms with E-state index >= 15 is 0 Å². The molecule has 0 fully saturated rings. The van der Waals surface area contributed by atoms with Gasteiger partial charge < -0.3 is 10.0 Å². The summed E-state index contributed by atoms with van der Waals surface area (Å²) in [5, 5.41) is 9.06. The van der Waals surface area contributed by atoms with Gasteiger partial charge >= 0.3 is 0 Å². The average Bonchev–Trinajstić information content (AvgIpc) is 2.75. The van der Waals surface area contributed by atoms with E-state index in [2.05, 4.69) is 14.9 Å². The van der Waals surface area contributed by atoms with Crippen LogP contribution in [0.3, 0.4) is 0 Å². The van der Waals surface area contributed by atoms with Crippen LogP contribution in [-0.2, 0) is 13.2 Å². The van der Waals surface area contributed by atoms with Gasteiger partial charge in [0.2, 0.25) is 0 Å². The standard InChI is InChI=1S/C12H15N3OS/c1-9-11(17-8-13-9)6-15(2)12-5-3-4-10(7-16)14-12/h3-5,8,16H,6-7H2,1-2H3. The Bertz CT molecular complexity index is 498. The number of aliphatic hydroxyl groups is 1. The molecule has 0 spiro atoms. The molecule has 0 amide bonds. The Morgan fingerprint density at radius 3 is 2.88 bits per heavy atom. The van der Waals surface area contributed by atoms with Crippen LogP contribution in [0.2, 0.25) is 0 Å². The van der Waals surface area contributed by atoms with Crippen molar-refractivity contribution in [3.63, 3.8) is 0 Å². The van der Waals surface area contributed by atoms with Crippen molar-refractivity contribution in [3.8, 4) is 0 Å². The lowest BCUT2D eigenvalue weighted by molar-refractivity contribution is 0.277. The number of aromatic nitrogens is 2. The van der Waals surface area contributed by atoms with Crippen LogP contribution in [0, 0.1) is 6.92 Å². The number of hydrogen-bond acceptors (Lipinski definition) is 5. The number of anilines is 1. The third kappa shape index (κ3) is 2.81. The van der Waals surface area contributed by atoms with Crippen molar-refractivity contribution in [3.05, 3.63) is 40.0 Å². The van der Waals surface area contributed by atoms with E-state index in [1.54, 1.807) is 11.3 Å². The number of pyridine rings is 1. The summed E-state index contributed by atoms with van der Waals surface area (Å²) in [5.74, 6) is 0.865. The highest BCUT2D eigenvalue weighted by molar-refractivity contribution is 7.09. The van der Waals surface area contributed by atoms with Crippen molar-refractivity contribution in [1.29, 1.82) is 0 Å². The quantitative estimate of drug-likeness (QED) is 0.900. The lowest BCUT2D eigenvalue weighted by Gasteiger charge is -2.17. The Kier molecular flexibility index (Phi) is 3.71. The Morgan fingerprint density at radius 1 is 1.41 bits per heavy atom. The van der Waals surface area contributed by atoms with Gasteiger partial charge in [-0.3, -0.25) is 0 Å². The maximum atomic E-state index is 9.06. The van der Waals surface area contributed by atoms with Crippen molar-refractivity contribution >= 4 is 17.2 Å². The zero-order valence-corrected chi connectivity index (χ0v) is 10.7. The molecule has 90 valence electrons. The zero-order chi connectivity index (χ0) is 12.3. The second-order valence-electron chi connectivity index (χ2n) is 3.86. The fourth-order valence-electron chi connectivity index (χ4n) is 1.54. The fraction of sp³-hybridized carbons (Fsp3) is 0.333. The number of rotatable bonds is 4. The number of thiazole rings is 1. The summed E-state index contributed by atoms with van der Waals surface area (Å²) < 4.78 is 0. The van der Waals surface area contributed by atoms with Crippen molar-refractivity contribution in [1.82, 2.24) is 9.97 Å². The second-order valence-corrected chi connectivity index (χ2v) is 4.80. The predicted octanol–water partition coefficient (Wildman–Crippen LogP) is 1.98. The summed E-state index contributed by atoms with van der Waals surface area (Å²) in [7, 11) is 1.99. The van der Waals surface area contributed by atoms with E-state index in [0.29, 0.717) is 5.69 Å². The first-order valence-corrected chi connectivity index (χ1v) is 6.25. The summed E-state index contributed by atoms with van der Waals surface area (Å²) in [5.41, 5.74) is 3.62. The predicted molar refractivity (Wildman–Crippen MR) is 69.1 cm³/mol. The summed E-state index contributed by atoms with van der Waals surface area (Å²) in [4.78, 5) is 11.9. The monoisotopic (exact) mass is 249 g/mol. The van der Waals surface area contributed by atoms with Crippen LogP contribution in [-0.4, -0.2) is 22.1 Å². The van der Waals surface area contributed by atoms with Crippen LogP contribution in [0.4, 0.5) is 5.82 Å². The van der Waals surface area contributed by atoms with E-state index < -0.39 is 0 Å². The topological polar surface area (TPSA) is 49.2 Å². The molecule has 4 nitrogen and oxygen atoms in total. The molecule has 2 aromatic heterocycles. The lowest BCUT2D eigenvalue weighted by Crippen LogP contribution is -2.17. The van der Waals surface area contributed by atoms with Gasteiger partial charge in [-0.05, 0) is 19.1 Å². The highest BCUT2D eigenvalue weighted by Gasteiger charge is 2.07. The van der Waals surface area contributed by atoms with Gasteiger partial charge in [-0.15, -0.1) is 11.3 Å². The molecular formula is C12H15N3OS. The molecule has 0 radical (unpaired) electrons. The molecular weight excluding hydrogens is 234 g/mol. The molecule has 0 aromatic carbocycles. The summed E-state index contributed by atoms with van der Waals surface area (Å²) >= 11 is 1.65. The molecule has 1 N–H and O–H groups in total. The molecule has 0 atom stereocenters. The second kappa shape index (κ2) is 5.25. The number of hydrogen-bond donors (Lipinski definition) is 1. The summed E-state index contributed by atoms with van der Waals surface area (Å²) in [6, 6.07) is 5.66. The SMILES string of the molecule is Cc1ncsc1CN(C)c1cccc(CO)n1. The molecule has 0 aliphatic heterocycles. The smallest absolute Gasteiger partial charge is 0.128 e. The number of aliphatic hydroxyl groups excluding tert-OH is 1. The highest BCUT2D eigenvalue weighted by atomic mass is 32.1. The molecule has 17 heavy (non-hydrogen) atoms. The summed E-state index contributed by atoms with van der Waals surface area (Å²) in [6.07, 6.45) is 0. The van der Waals surface area contributed by atoms with Crippen LogP contribution >= 0.6 is 11.3 Å². The van der Waals surface area contributed by atoms with E-state index in [1.165, 1.54) is 4.88 Å².